The van der Waals surface area contributed by atoms with Crippen LogP contribution in [0.5, 0.6) is 5.75 Å². The smallest absolute Gasteiger partial charge is 0.207 e. The van der Waals surface area contributed by atoms with Crippen molar-refractivity contribution in [2.24, 2.45) is 0 Å². The molecule has 0 spiro atoms. The van der Waals surface area contributed by atoms with Gasteiger partial charge in [-0.2, -0.15) is 0 Å². The number of benzene rings is 2. The normalized spacial score (nSPS) is 14.4. The molecule has 0 aliphatic carbocycles. The maximum Gasteiger partial charge on any atom is 0.207 e. The second-order valence-corrected chi connectivity index (χ2v) is 4.50. The molecule has 2 aromatic rings. The summed E-state index contributed by atoms with van der Waals surface area (Å²) in [6.45, 7) is 6.69. The average molecular weight is 244 g/mol. The molecule has 0 saturated carbocycles. The van der Waals surface area contributed by atoms with Gasteiger partial charge in [-0.1, -0.05) is 43.3 Å². The van der Waals surface area contributed by atoms with E-state index in [4.69, 9.17) is 9.47 Å². The van der Waals surface area contributed by atoms with Crippen LogP contribution in [0.1, 0.15) is 27.2 Å². The van der Waals surface area contributed by atoms with Crippen molar-refractivity contribution in [3.8, 4) is 5.75 Å². The fourth-order valence-electron chi connectivity index (χ4n) is 2.03. The van der Waals surface area contributed by atoms with E-state index in [2.05, 4.69) is 25.1 Å². The third-order valence-electron chi connectivity index (χ3n) is 3.17. The van der Waals surface area contributed by atoms with Gasteiger partial charge in [0.05, 0.1) is 0 Å². The number of hydrogen-bond acceptors (Lipinski definition) is 2. The highest BCUT2D eigenvalue weighted by molar-refractivity contribution is 5.88. The van der Waals surface area contributed by atoms with Gasteiger partial charge in [0, 0.05) is 25.3 Å². The van der Waals surface area contributed by atoms with Crippen LogP contribution >= 0.6 is 0 Å². The Morgan fingerprint density at radius 3 is 2.44 bits per heavy atom. The molecule has 18 heavy (non-hydrogen) atoms. The van der Waals surface area contributed by atoms with E-state index in [0.29, 0.717) is 6.61 Å². The minimum absolute atomic E-state index is 0.557. The summed E-state index contributed by atoms with van der Waals surface area (Å²) in [6.07, 6.45) is 0.810. The summed E-state index contributed by atoms with van der Waals surface area (Å²) in [5, 5.41) is 2.31. The Kier molecular flexibility index (Phi) is 3.87. The van der Waals surface area contributed by atoms with Gasteiger partial charge >= 0.3 is 0 Å². The minimum atomic E-state index is -0.557. The van der Waals surface area contributed by atoms with Gasteiger partial charge in [-0.05, 0) is 18.4 Å². The van der Waals surface area contributed by atoms with E-state index >= 15 is 0 Å². The van der Waals surface area contributed by atoms with Crippen molar-refractivity contribution in [2.75, 3.05) is 6.61 Å². The van der Waals surface area contributed by atoms with Gasteiger partial charge in [0.25, 0.3) is 0 Å². The quantitative estimate of drug-likeness (QED) is 0.727. The lowest BCUT2D eigenvalue weighted by Crippen LogP contribution is -2.35. The zero-order chi connectivity index (χ0) is 13.0. The van der Waals surface area contributed by atoms with Crippen LogP contribution in [-0.2, 0) is 4.74 Å². The molecular weight excluding hydrogens is 224 g/mol. The Bertz CT molecular complexity index is 516. The maximum atomic E-state index is 6.08. The Hall–Kier alpha value is -1.54. The molecule has 0 aliphatic rings. The molecule has 0 amide bonds. The number of ether oxygens (including phenoxy) is 2. The number of hydrogen-bond donors (Lipinski definition) is 0. The molecule has 1 atom stereocenters. The molecule has 0 bridgehead atoms. The lowest BCUT2D eigenvalue weighted by molar-refractivity contribution is -0.167. The molecule has 2 nitrogen and oxygen atoms in total. The zero-order valence-electron chi connectivity index (χ0n) is 11.3. The predicted octanol–water partition coefficient (Wildman–Crippen LogP) is 4.38. The van der Waals surface area contributed by atoms with Crippen LogP contribution in [0.4, 0.5) is 0 Å². The Morgan fingerprint density at radius 2 is 1.72 bits per heavy atom. The number of rotatable bonds is 5. The highest BCUT2D eigenvalue weighted by atomic mass is 16.7. The van der Waals surface area contributed by atoms with Crippen LogP contribution in [0.15, 0.2) is 42.5 Å². The molecule has 0 radical (unpaired) electrons. The van der Waals surface area contributed by atoms with Crippen LogP contribution in [0.2, 0.25) is 0 Å². The standard InChI is InChI=1S/C16H20O2/c1-4-16(3,17-5-2)18-15-12-8-10-13-9-6-7-11-14(13)15/h6-12H,4-5H2,1-3H3. The third-order valence-corrected chi connectivity index (χ3v) is 3.17. The van der Waals surface area contributed by atoms with E-state index in [9.17, 15) is 0 Å². The van der Waals surface area contributed by atoms with Crippen LogP contribution < -0.4 is 4.74 Å². The van der Waals surface area contributed by atoms with Gasteiger partial charge in [-0.15, -0.1) is 0 Å². The molecule has 2 heteroatoms. The third kappa shape index (κ3) is 2.65. The minimum Gasteiger partial charge on any atom is -0.462 e. The largest absolute Gasteiger partial charge is 0.462 e. The number of fused-ring (bicyclic) bond motifs is 1. The Balaban J connectivity index is 2.36. The lowest BCUT2D eigenvalue weighted by Gasteiger charge is -2.29. The van der Waals surface area contributed by atoms with Crippen molar-refractivity contribution < 1.29 is 9.47 Å². The maximum absolute atomic E-state index is 6.08. The predicted molar refractivity (Wildman–Crippen MR) is 74.9 cm³/mol. The summed E-state index contributed by atoms with van der Waals surface area (Å²) in [5.41, 5.74) is 0. The first-order valence-corrected chi connectivity index (χ1v) is 6.49. The van der Waals surface area contributed by atoms with Gasteiger partial charge in [0.1, 0.15) is 5.75 Å². The SMILES string of the molecule is CCOC(C)(CC)Oc1cccc2ccccc12. The van der Waals surface area contributed by atoms with E-state index < -0.39 is 5.79 Å². The van der Waals surface area contributed by atoms with E-state index in [-0.39, 0.29) is 0 Å². The van der Waals surface area contributed by atoms with Crippen LogP contribution in [0, 0.1) is 0 Å². The second kappa shape index (κ2) is 5.40. The zero-order valence-corrected chi connectivity index (χ0v) is 11.3. The Morgan fingerprint density at radius 1 is 1.00 bits per heavy atom. The van der Waals surface area contributed by atoms with Crippen molar-refractivity contribution >= 4 is 10.8 Å². The van der Waals surface area contributed by atoms with E-state index in [1.54, 1.807) is 0 Å². The van der Waals surface area contributed by atoms with E-state index in [0.717, 1.165) is 17.6 Å². The second-order valence-electron chi connectivity index (χ2n) is 4.50. The van der Waals surface area contributed by atoms with E-state index in [1.807, 2.05) is 38.1 Å². The molecule has 0 heterocycles. The molecule has 1 unspecified atom stereocenters. The highest BCUT2D eigenvalue weighted by Gasteiger charge is 2.24. The Labute approximate surface area is 109 Å². The van der Waals surface area contributed by atoms with Crippen molar-refractivity contribution in [1.29, 1.82) is 0 Å². The summed E-state index contributed by atoms with van der Waals surface area (Å²) in [6, 6.07) is 14.3. The first kappa shape index (κ1) is 12.9. The van der Waals surface area contributed by atoms with Crippen molar-refractivity contribution in [2.45, 2.75) is 33.0 Å². The lowest BCUT2D eigenvalue weighted by atomic mass is 10.1. The van der Waals surface area contributed by atoms with Gasteiger partial charge < -0.3 is 9.47 Å². The van der Waals surface area contributed by atoms with Crippen LogP contribution in [0.25, 0.3) is 10.8 Å². The van der Waals surface area contributed by atoms with Gasteiger partial charge in [0.15, 0.2) is 0 Å². The summed E-state index contributed by atoms with van der Waals surface area (Å²) in [7, 11) is 0. The molecule has 0 aromatic heterocycles. The molecular formula is C16H20O2. The first-order valence-electron chi connectivity index (χ1n) is 6.49. The van der Waals surface area contributed by atoms with Crippen molar-refractivity contribution in [3.05, 3.63) is 42.5 Å². The highest BCUT2D eigenvalue weighted by Crippen LogP contribution is 2.30. The molecule has 0 saturated heterocycles. The van der Waals surface area contributed by atoms with Crippen LogP contribution in [0.3, 0.4) is 0 Å². The first-order chi connectivity index (χ1) is 8.68. The molecule has 0 fully saturated rings. The molecule has 2 aromatic carbocycles. The van der Waals surface area contributed by atoms with Gasteiger partial charge in [-0.3, -0.25) is 0 Å². The molecule has 96 valence electrons. The average Bonchev–Trinajstić information content (AvgIpc) is 2.39. The molecule has 0 aliphatic heterocycles. The summed E-state index contributed by atoms with van der Waals surface area (Å²) in [5.74, 6) is 0.324. The summed E-state index contributed by atoms with van der Waals surface area (Å²) < 4.78 is 11.8. The van der Waals surface area contributed by atoms with Crippen LogP contribution in [-0.4, -0.2) is 12.4 Å². The van der Waals surface area contributed by atoms with Gasteiger partial charge in [0.2, 0.25) is 5.79 Å². The van der Waals surface area contributed by atoms with E-state index in [1.165, 1.54) is 5.39 Å². The molecule has 0 N–H and O–H groups in total. The summed E-state index contributed by atoms with van der Waals surface area (Å²) >= 11 is 0. The van der Waals surface area contributed by atoms with Crippen molar-refractivity contribution in [3.63, 3.8) is 0 Å². The van der Waals surface area contributed by atoms with Gasteiger partial charge in [-0.25, -0.2) is 0 Å². The molecule has 2 rings (SSSR count). The monoisotopic (exact) mass is 244 g/mol. The topological polar surface area (TPSA) is 18.5 Å². The summed E-state index contributed by atoms with van der Waals surface area (Å²) in [4.78, 5) is 0. The van der Waals surface area contributed by atoms with Crippen molar-refractivity contribution in [1.82, 2.24) is 0 Å². The fourth-order valence-corrected chi connectivity index (χ4v) is 2.03. The fraction of sp³-hybridized carbons (Fsp3) is 0.375.